The average molecular weight is 290 g/mol. The van der Waals surface area contributed by atoms with Crippen LogP contribution in [-0.2, 0) is 4.79 Å². The minimum Gasteiger partial charge on any atom is -0.299 e. The maximum atomic E-state index is 12.5. The molecule has 0 N–H and O–H groups in total. The molecule has 1 aromatic carbocycles. The van der Waals surface area contributed by atoms with E-state index >= 15 is 0 Å². The van der Waals surface area contributed by atoms with Gasteiger partial charge in [0.05, 0.1) is 29.8 Å². The van der Waals surface area contributed by atoms with Gasteiger partial charge >= 0.3 is 0 Å². The number of nitriles is 1. The smallest absolute Gasteiger partial charge is 0.150 e. The largest absolute Gasteiger partial charge is 0.299 e. The Labute approximate surface area is 127 Å². The van der Waals surface area contributed by atoms with Gasteiger partial charge in [0.2, 0.25) is 0 Å². The van der Waals surface area contributed by atoms with Crippen molar-refractivity contribution in [2.24, 2.45) is 10.9 Å². The molecule has 5 heteroatoms. The molecule has 4 rings (SSSR count). The molecule has 2 heterocycles. The molecule has 1 aliphatic carbocycles. The molecule has 1 saturated carbocycles. The fraction of sp³-hybridized carbons (Fsp3) is 0.294. The summed E-state index contributed by atoms with van der Waals surface area (Å²) in [5.74, 6) is 0.752. The predicted molar refractivity (Wildman–Crippen MR) is 81.0 cm³/mol. The van der Waals surface area contributed by atoms with Crippen molar-refractivity contribution in [2.75, 3.05) is 0 Å². The molecule has 1 aromatic heterocycles. The van der Waals surface area contributed by atoms with Gasteiger partial charge < -0.3 is 0 Å². The second-order valence-electron chi connectivity index (χ2n) is 5.72. The number of carbonyl (C=O) groups excluding carboxylic acids is 1. The third-order valence-corrected chi connectivity index (χ3v) is 4.41. The van der Waals surface area contributed by atoms with E-state index < -0.39 is 0 Å². The first-order valence-corrected chi connectivity index (χ1v) is 7.41. The van der Waals surface area contributed by atoms with E-state index in [-0.39, 0.29) is 17.7 Å². The van der Waals surface area contributed by atoms with Gasteiger partial charge in [-0.05, 0) is 30.5 Å². The number of benzene rings is 1. The monoisotopic (exact) mass is 290 g/mol. The number of aliphatic imine (C=N–C) groups is 1. The quantitative estimate of drug-likeness (QED) is 0.810. The highest BCUT2D eigenvalue weighted by molar-refractivity contribution is 6.09. The summed E-state index contributed by atoms with van der Waals surface area (Å²) in [7, 11) is 0. The summed E-state index contributed by atoms with van der Waals surface area (Å²) in [5.41, 5.74) is 2.49. The molecule has 0 radical (unpaired) electrons. The SMILES string of the molecule is N#Cc1cccc(C2C3C(=O)CCCC3=Nc3ccnn32)c1. The van der Waals surface area contributed by atoms with Gasteiger partial charge in [0.15, 0.2) is 5.82 Å². The number of fused-ring (bicyclic) bond motifs is 2. The number of hydrogen-bond donors (Lipinski definition) is 0. The van der Waals surface area contributed by atoms with E-state index in [2.05, 4.69) is 16.2 Å². The minimum absolute atomic E-state index is 0.196. The molecule has 1 fully saturated rings. The zero-order valence-electron chi connectivity index (χ0n) is 11.9. The molecule has 108 valence electrons. The van der Waals surface area contributed by atoms with Crippen molar-refractivity contribution >= 4 is 17.3 Å². The van der Waals surface area contributed by atoms with Gasteiger partial charge in [-0.15, -0.1) is 0 Å². The topological polar surface area (TPSA) is 71.0 Å². The van der Waals surface area contributed by atoms with Gasteiger partial charge in [-0.1, -0.05) is 12.1 Å². The van der Waals surface area contributed by atoms with Crippen LogP contribution < -0.4 is 0 Å². The molecule has 0 bridgehead atoms. The summed E-state index contributed by atoms with van der Waals surface area (Å²) < 4.78 is 1.81. The molecule has 2 unspecified atom stereocenters. The molecule has 1 aliphatic heterocycles. The van der Waals surface area contributed by atoms with E-state index in [9.17, 15) is 4.79 Å². The van der Waals surface area contributed by atoms with E-state index in [0.29, 0.717) is 12.0 Å². The maximum absolute atomic E-state index is 12.5. The van der Waals surface area contributed by atoms with Crippen LogP contribution >= 0.6 is 0 Å². The van der Waals surface area contributed by atoms with E-state index in [1.54, 1.807) is 12.3 Å². The van der Waals surface area contributed by atoms with Crippen LogP contribution in [0.25, 0.3) is 0 Å². The van der Waals surface area contributed by atoms with Gasteiger partial charge in [0.1, 0.15) is 5.78 Å². The van der Waals surface area contributed by atoms with Crippen LogP contribution in [0, 0.1) is 17.2 Å². The fourth-order valence-electron chi connectivity index (χ4n) is 3.45. The molecular weight excluding hydrogens is 276 g/mol. The maximum Gasteiger partial charge on any atom is 0.150 e. The van der Waals surface area contributed by atoms with Crippen molar-refractivity contribution in [2.45, 2.75) is 25.3 Å². The zero-order valence-corrected chi connectivity index (χ0v) is 11.9. The number of rotatable bonds is 1. The third-order valence-electron chi connectivity index (χ3n) is 4.41. The Morgan fingerprint density at radius 3 is 3.05 bits per heavy atom. The minimum atomic E-state index is -0.255. The van der Waals surface area contributed by atoms with E-state index in [1.165, 1.54) is 0 Å². The van der Waals surface area contributed by atoms with Crippen LogP contribution in [0.3, 0.4) is 0 Å². The van der Waals surface area contributed by atoms with Crippen LogP contribution in [0.5, 0.6) is 0 Å². The summed E-state index contributed by atoms with van der Waals surface area (Å²) in [5, 5.41) is 13.5. The van der Waals surface area contributed by atoms with Crippen LogP contribution in [0.2, 0.25) is 0 Å². The number of ketones is 1. The molecule has 2 aromatic rings. The fourth-order valence-corrected chi connectivity index (χ4v) is 3.45. The number of hydrogen-bond acceptors (Lipinski definition) is 4. The second kappa shape index (κ2) is 4.92. The normalized spacial score (nSPS) is 23.2. The highest BCUT2D eigenvalue weighted by atomic mass is 16.1. The lowest BCUT2D eigenvalue weighted by atomic mass is 9.77. The Balaban J connectivity index is 1.90. The molecule has 2 aliphatic rings. The molecular formula is C17H14N4O. The Morgan fingerprint density at radius 1 is 1.27 bits per heavy atom. The van der Waals surface area contributed by atoms with Crippen molar-refractivity contribution in [3.05, 3.63) is 47.7 Å². The lowest BCUT2D eigenvalue weighted by molar-refractivity contribution is -0.122. The number of aromatic nitrogens is 2. The van der Waals surface area contributed by atoms with Crippen LogP contribution in [-0.4, -0.2) is 21.3 Å². The molecule has 2 atom stereocenters. The molecule has 22 heavy (non-hydrogen) atoms. The summed E-state index contributed by atoms with van der Waals surface area (Å²) in [6.07, 6.45) is 4.03. The molecule has 0 spiro atoms. The first-order chi connectivity index (χ1) is 10.8. The predicted octanol–water partition coefficient (Wildman–Crippen LogP) is 2.80. The molecule has 0 saturated heterocycles. The van der Waals surface area contributed by atoms with Gasteiger partial charge in [-0.3, -0.25) is 4.79 Å². The average Bonchev–Trinajstić information content (AvgIpc) is 3.01. The summed E-state index contributed by atoms with van der Waals surface area (Å²) >= 11 is 0. The van der Waals surface area contributed by atoms with Crippen molar-refractivity contribution in [3.8, 4) is 6.07 Å². The van der Waals surface area contributed by atoms with Crippen molar-refractivity contribution < 1.29 is 4.79 Å². The number of Topliss-reactive ketones (excluding diaryl/α,β-unsaturated/α-hetero) is 1. The first-order valence-electron chi connectivity index (χ1n) is 7.41. The highest BCUT2D eigenvalue weighted by Gasteiger charge is 2.40. The van der Waals surface area contributed by atoms with Gasteiger partial charge in [0.25, 0.3) is 0 Å². The van der Waals surface area contributed by atoms with E-state index in [0.717, 1.165) is 29.9 Å². The van der Waals surface area contributed by atoms with E-state index in [1.807, 2.05) is 28.9 Å². The second-order valence-corrected chi connectivity index (χ2v) is 5.72. The Morgan fingerprint density at radius 2 is 2.18 bits per heavy atom. The van der Waals surface area contributed by atoms with Gasteiger partial charge in [-0.25, -0.2) is 9.67 Å². The Kier molecular flexibility index (Phi) is 2.90. The number of nitrogens with zero attached hydrogens (tertiary/aromatic N) is 4. The lowest BCUT2D eigenvalue weighted by Crippen LogP contribution is -2.39. The Bertz CT molecular complexity index is 827. The zero-order chi connectivity index (χ0) is 15.1. The van der Waals surface area contributed by atoms with Crippen molar-refractivity contribution in [1.82, 2.24) is 9.78 Å². The standard InChI is InChI=1S/C17H14N4O/c18-10-11-3-1-4-12(9-11)17-16-13(5-2-6-14(16)22)20-15-7-8-19-21(15)17/h1,3-4,7-9,16-17H,2,5-6H2. The first kappa shape index (κ1) is 13.0. The molecule has 5 nitrogen and oxygen atoms in total. The van der Waals surface area contributed by atoms with Crippen molar-refractivity contribution in [3.63, 3.8) is 0 Å². The highest BCUT2D eigenvalue weighted by Crippen LogP contribution is 2.40. The van der Waals surface area contributed by atoms with Crippen LogP contribution in [0.4, 0.5) is 5.82 Å². The summed E-state index contributed by atoms with van der Waals surface area (Å²) in [6.45, 7) is 0. The van der Waals surface area contributed by atoms with Gasteiger partial charge in [0, 0.05) is 18.2 Å². The summed E-state index contributed by atoms with van der Waals surface area (Å²) in [6, 6.07) is 11.3. The van der Waals surface area contributed by atoms with E-state index in [4.69, 9.17) is 5.26 Å². The van der Waals surface area contributed by atoms with Crippen molar-refractivity contribution in [1.29, 1.82) is 5.26 Å². The third kappa shape index (κ3) is 1.88. The molecule has 0 amide bonds. The number of carbonyl (C=O) groups is 1. The van der Waals surface area contributed by atoms with Crippen LogP contribution in [0.15, 0.2) is 41.5 Å². The lowest BCUT2D eigenvalue weighted by Gasteiger charge is -2.34. The van der Waals surface area contributed by atoms with Crippen LogP contribution in [0.1, 0.15) is 36.4 Å². The Hall–Kier alpha value is -2.74. The summed E-state index contributed by atoms with van der Waals surface area (Å²) in [4.78, 5) is 17.1. The van der Waals surface area contributed by atoms with Gasteiger partial charge in [-0.2, -0.15) is 10.4 Å².